The third kappa shape index (κ3) is 5.97. The summed E-state index contributed by atoms with van der Waals surface area (Å²) >= 11 is 0. The minimum absolute atomic E-state index is 0. The van der Waals surface area contributed by atoms with E-state index in [1.54, 1.807) is 6.07 Å². The second-order valence-corrected chi connectivity index (χ2v) is 5.52. The second-order valence-electron chi connectivity index (χ2n) is 5.52. The molecule has 0 spiro atoms. The maximum absolute atomic E-state index is 13.2. The Labute approximate surface area is 159 Å². The molecule has 1 aromatic heterocycles. The molecule has 0 fully saturated rings. The normalized spacial score (nSPS) is 10.5. The Hall–Kier alpha value is -1.66. The van der Waals surface area contributed by atoms with Crippen LogP contribution in [0.4, 0.5) is 4.39 Å². The molecule has 3 rings (SSSR count). The topological polar surface area (TPSA) is 55.3 Å². The lowest BCUT2D eigenvalue weighted by Gasteiger charge is -2.19. The first kappa shape index (κ1) is 21.4. The van der Waals surface area contributed by atoms with Crippen molar-refractivity contribution >= 4 is 35.9 Å². The van der Waals surface area contributed by atoms with Crippen LogP contribution in [0, 0.1) is 5.82 Å². The van der Waals surface area contributed by atoms with Crippen LogP contribution in [-0.4, -0.2) is 29.5 Å². The van der Waals surface area contributed by atoms with Crippen LogP contribution in [0.5, 0.6) is 0 Å². The molecule has 4 nitrogen and oxygen atoms in total. The zero-order valence-corrected chi connectivity index (χ0v) is 15.4. The molecule has 1 heterocycles. The zero-order chi connectivity index (χ0) is 16.1. The number of rotatable bonds is 7. The Balaban J connectivity index is 0.00000156. The smallest absolute Gasteiger partial charge is 0.209 e. The molecule has 3 aromatic rings. The van der Waals surface area contributed by atoms with Gasteiger partial charge in [0.1, 0.15) is 11.3 Å². The molecule has 0 aliphatic carbocycles. The summed E-state index contributed by atoms with van der Waals surface area (Å²) in [6.07, 6.45) is 0.940. The van der Waals surface area contributed by atoms with Crippen LogP contribution in [0.25, 0.3) is 11.1 Å². The molecular formula is C18H22Cl2FN3O. The largest absolute Gasteiger partial charge is 0.439 e. The van der Waals surface area contributed by atoms with Crippen molar-refractivity contribution in [2.75, 3.05) is 19.6 Å². The monoisotopic (exact) mass is 385 g/mol. The highest BCUT2D eigenvalue weighted by Gasteiger charge is 2.12. The van der Waals surface area contributed by atoms with Gasteiger partial charge in [0, 0.05) is 25.7 Å². The van der Waals surface area contributed by atoms with Gasteiger partial charge in [0.2, 0.25) is 5.89 Å². The quantitative estimate of drug-likeness (QED) is 0.671. The van der Waals surface area contributed by atoms with Gasteiger partial charge in [-0.2, -0.15) is 0 Å². The van der Waals surface area contributed by atoms with Gasteiger partial charge in [0.25, 0.3) is 0 Å². The second kappa shape index (κ2) is 10.4. The van der Waals surface area contributed by atoms with Gasteiger partial charge in [-0.1, -0.05) is 30.3 Å². The van der Waals surface area contributed by atoms with E-state index < -0.39 is 0 Å². The molecule has 0 saturated heterocycles. The van der Waals surface area contributed by atoms with Crippen molar-refractivity contribution in [3.05, 3.63) is 65.8 Å². The lowest BCUT2D eigenvalue weighted by Crippen LogP contribution is -2.31. The fourth-order valence-electron chi connectivity index (χ4n) is 2.59. The first-order valence-electron chi connectivity index (χ1n) is 7.76. The number of nitrogens with zero attached hydrogens (tertiary/aromatic N) is 2. The molecule has 0 unspecified atom stereocenters. The first-order valence-corrected chi connectivity index (χ1v) is 7.76. The molecule has 2 aromatic carbocycles. The van der Waals surface area contributed by atoms with Crippen molar-refractivity contribution in [1.29, 1.82) is 0 Å². The van der Waals surface area contributed by atoms with Crippen LogP contribution in [-0.2, 0) is 13.0 Å². The van der Waals surface area contributed by atoms with Crippen LogP contribution >= 0.6 is 24.8 Å². The molecule has 0 bridgehead atoms. The highest BCUT2D eigenvalue weighted by atomic mass is 35.5. The number of hydrogen-bond donors (Lipinski definition) is 1. The summed E-state index contributed by atoms with van der Waals surface area (Å²) in [7, 11) is 0. The Morgan fingerprint density at radius 2 is 1.80 bits per heavy atom. The molecule has 0 atom stereocenters. The van der Waals surface area contributed by atoms with Crippen molar-refractivity contribution in [3.63, 3.8) is 0 Å². The molecule has 0 saturated carbocycles. The maximum Gasteiger partial charge on any atom is 0.209 e. The molecule has 25 heavy (non-hydrogen) atoms. The third-order valence-corrected chi connectivity index (χ3v) is 3.76. The minimum Gasteiger partial charge on any atom is -0.439 e. The van der Waals surface area contributed by atoms with Crippen LogP contribution in [0.3, 0.4) is 0 Å². The summed E-state index contributed by atoms with van der Waals surface area (Å²) in [5.74, 6) is 0.285. The Morgan fingerprint density at radius 3 is 2.52 bits per heavy atom. The lowest BCUT2D eigenvalue weighted by atomic mass is 10.1. The number of oxazole rings is 1. The van der Waals surface area contributed by atoms with Crippen molar-refractivity contribution in [2.45, 2.75) is 13.0 Å². The van der Waals surface area contributed by atoms with E-state index in [9.17, 15) is 4.39 Å². The third-order valence-electron chi connectivity index (χ3n) is 3.76. The maximum atomic E-state index is 13.2. The number of halogens is 3. The van der Waals surface area contributed by atoms with E-state index in [2.05, 4.69) is 22.0 Å². The molecular weight excluding hydrogens is 364 g/mol. The van der Waals surface area contributed by atoms with E-state index >= 15 is 0 Å². The number of nitrogens with two attached hydrogens (primary N) is 1. The zero-order valence-electron chi connectivity index (χ0n) is 13.7. The van der Waals surface area contributed by atoms with Crippen LogP contribution in [0.2, 0.25) is 0 Å². The van der Waals surface area contributed by atoms with Crippen molar-refractivity contribution in [3.8, 4) is 0 Å². The summed E-state index contributed by atoms with van der Waals surface area (Å²) in [6, 6.07) is 14.7. The van der Waals surface area contributed by atoms with Gasteiger partial charge in [-0.3, -0.25) is 4.90 Å². The summed E-state index contributed by atoms with van der Waals surface area (Å²) in [4.78, 5) is 6.56. The van der Waals surface area contributed by atoms with E-state index in [0.717, 1.165) is 19.5 Å². The van der Waals surface area contributed by atoms with Gasteiger partial charge in [0.15, 0.2) is 5.58 Å². The molecule has 0 aliphatic heterocycles. The number of benzene rings is 2. The lowest BCUT2D eigenvalue weighted by molar-refractivity contribution is 0.250. The van der Waals surface area contributed by atoms with E-state index in [4.69, 9.17) is 10.2 Å². The fourth-order valence-corrected chi connectivity index (χ4v) is 2.59. The number of hydrogen-bond acceptors (Lipinski definition) is 4. The van der Waals surface area contributed by atoms with E-state index in [0.29, 0.717) is 30.1 Å². The average molecular weight is 386 g/mol. The predicted octanol–water partition coefficient (Wildman–Crippen LogP) is 3.81. The SMILES string of the molecule is Cl.Cl.NCCN(CCc1ccccc1)Cc1nc2cc(F)ccc2o1. The van der Waals surface area contributed by atoms with Gasteiger partial charge >= 0.3 is 0 Å². The average Bonchev–Trinajstić information content (AvgIpc) is 2.95. The minimum atomic E-state index is -0.305. The fraction of sp³-hybridized carbons (Fsp3) is 0.278. The van der Waals surface area contributed by atoms with Crippen LogP contribution < -0.4 is 5.73 Å². The molecule has 2 N–H and O–H groups in total. The highest BCUT2D eigenvalue weighted by molar-refractivity contribution is 5.85. The molecule has 136 valence electrons. The van der Waals surface area contributed by atoms with Gasteiger partial charge in [0.05, 0.1) is 6.54 Å². The van der Waals surface area contributed by atoms with E-state index in [-0.39, 0.29) is 30.6 Å². The van der Waals surface area contributed by atoms with Crippen molar-refractivity contribution in [2.24, 2.45) is 5.73 Å². The summed E-state index contributed by atoms with van der Waals surface area (Å²) < 4.78 is 18.9. The van der Waals surface area contributed by atoms with Gasteiger partial charge in [-0.15, -0.1) is 24.8 Å². The Kier molecular flexibility index (Phi) is 8.86. The predicted molar refractivity (Wildman–Crippen MR) is 103 cm³/mol. The first-order chi connectivity index (χ1) is 11.2. The van der Waals surface area contributed by atoms with Gasteiger partial charge in [-0.25, -0.2) is 9.37 Å². The molecule has 0 aliphatic rings. The summed E-state index contributed by atoms with van der Waals surface area (Å²) in [5.41, 5.74) is 8.15. The van der Waals surface area contributed by atoms with Crippen molar-refractivity contribution in [1.82, 2.24) is 9.88 Å². The Bertz CT molecular complexity index is 767. The summed E-state index contributed by atoms with van der Waals surface area (Å²) in [5, 5.41) is 0. The number of aromatic nitrogens is 1. The number of fused-ring (bicyclic) bond motifs is 1. The standard InChI is InChI=1S/C18H20FN3O.2ClH/c19-15-6-7-17-16(12-15)21-18(23-17)13-22(11-9-20)10-8-14-4-2-1-3-5-14;;/h1-7,12H,8-11,13,20H2;2*1H. The molecule has 0 amide bonds. The van der Waals surface area contributed by atoms with Crippen LogP contribution in [0.1, 0.15) is 11.5 Å². The highest BCUT2D eigenvalue weighted by Crippen LogP contribution is 2.17. The Morgan fingerprint density at radius 1 is 1.04 bits per heavy atom. The van der Waals surface area contributed by atoms with Crippen LogP contribution in [0.15, 0.2) is 52.9 Å². The van der Waals surface area contributed by atoms with Gasteiger partial charge < -0.3 is 10.2 Å². The van der Waals surface area contributed by atoms with Crippen molar-refractivity contribution < 1.29 is 8.81 Å². The summed E-state index contributed by atoms with van der Waals surface area (Å²) in [6.45, 7) is 2.78. The van der Waals surface area contributed by atoms with Gasteiger partial charge in [-0.05, 0) is 24.1 Å². The van der Waals surface area contributed by atoms with E-state index in [1.807, 2.05) is 18.2 Å². The molecule has 7 heteroatoms. The molecule has 0 radical (unpaired) electrons. The van der Waals surface area contributed by atoms with E-state index in [1.165, 1.54) is 17.7 Å².